The summed E-state index contributed by atoms with van der Waals surface area (Å²) in [6.45, 7) is 0. The van der Waals surface area contributed by atoms with E-state index in [-0.39, 0.29) is 0 Å². The van der Waals surface area contributed by atoms with Gasteiger partial charge in [0.25, 0.3) is 0 Å². The molecular formula is C20H22N2O3S. The predicted molar refractivity (Wildman–Crippen MR) is 102 cm³/mol. The smallest absolute Gasteiger partial charge is 0.326 e. The third-order valence-electron chi connectivity index (χ3n) is 5.30. The Morgan fingerprint density at radius 2 is 1.81 bits per heavy atom. The fraction of sp³-hybridized carbons (Fsp3) is 0.400. The van der Waals surface area contributed by atoms with Gasteiger partial charge in [0, 0.05) is 17.0 Å². The van der Waals surface area contributed by atoms with E-state index in [1.165, 1.54) is 33.6 Å². The Morgan fingerprint density at radius 1 is 1.12 bits per heavy atom. The minimum Gasteiger partial charge on any atom is -0.480 e. The molecule has 1 atom stereocenters. The van der Waals surface area contributed by atoms with E-state index in [9.17, 15) is 14.7 Å². The zero-order valence-electron chi connectivity index (χ0n) is 14.5. The van der Waals surface area contributed by atoms with Crippen LogP contribution in [0, 0.1) is 0 Å². The van der Waals surface area contributed by atoms with Crippen LogP contribution in [0.5, 0.6) is 0 Å². The van der Waals surface area contributed by atoms with Crippen molar-refractivity contribution in [2.75, 3.05) is 5.32 Å². The van der Waals surface area contributed by atoms with Gasteiger partial charge in [0.05, 0.1) is 0 Å². The van der Waals surface area contributed by atoms with E-state index in [0.717, 1.165) is 49.1 Å². The number of carboxylic acid groups (broad SMARTS) is 1. The number of amides is 2. The maximum absolute atomic E-state index is 12.6. The molecule has 6 heteroatoms. The van der Waals surface area contributed by atoms with Crippen molar-refractivity contribution in [1.82, 2.24) is 5.32 Å². The first-order valence-electron chi connectivity index (χ1n) is 9.11. The molecule has 5 nitrogen and oxygen atoms in total. The average Bonchev–Trinajstić information content (AvgIpc) is 3.35. The van der Waals surface area contributed by atoms with E-state index in [1.54, 1.807) is 0 Å². The number of benzene rings is 1. The number of aryl methyl sites for hydroxylation is 2. The van der Waals surface area contributed by atoms with Gasteiger partial charge >= 0.3 is 12.0 Å². The Hall–Kier alpha value is -2.34. The van der Waals surface area contributed by atoms with Crippen LogP contribution in [0.4, 0.5) is 10.5 Å². The highest BCUT2D eigenvalue weighted by Gasteiger charge is 2.26. The molecule has 2 aliphatic rings. The molecule has 0 aliphatic heterocycles. The molecule has 26 heavy (non-hydrogen) atoms. The van der Waals surface area contributed by atoms with Gasteiger partial charge in [-0.05, 0) is 72.2 Å². The number of aliphatic carboxylic acids is 1. The van der Waals surface area contributed by atoms with Crippen LogP contribution in [0.25, 0.3) is 0 Å². The fourth-order valence-electron chi connectivity index (χ4n) is 4.10. The first-order chi connectivity index (χ1) is 12.6. The minimum absolute atomic E-state index is 0.297. The van der Waals surface area contributed by atoms with Crippen LogP contribution >= 0.6 is 11.3 Å². The Bertz CT molecular complexity index is 813. The first kappa shape index (κ1) is 17.1. The summed E-state index contributed by atoms with van der Waals surface area (Å²) >= 11 is 1.50. The summed E-state index contributed by atoms with van der Waals surface area (Å²) in [6.07, 6.45) is 6.62. The van der Waals surface area contributed by atoms with E-state index in [4.69, 9.17) is 0 Å². The van der Waals surface area contributed by atoms with Crippen molar-refractivity contribution in [3.05, 3.63) is 50.7 Å². The second-order valence-electron chi connectivity index (χ2n) is 7.01. The zero-order valence-corrected chi connectivity index (χ0v) is 15.3. The molecule has 0 bridgehead atoms. The van der Waals surface area contributed by atoms with Gasteiger partial charge in [-0.15, -0.1) is 11.3 Å². The van der Waals surface area contributed by atoms with E-state index in [1.807, 2.05) is 17.5 Å². The number of carbonyl (C=O) groups is 2. The summed E-state index contributed by atoms with van der Waals surface area (Å²) < 4.78 is 0. The number of nitrogens with one attached hydrogen (secondary N) is 2. The molecule has 2 amide bonds. The maximum atomic E-state index is 12.6. The largest absolute Gasteiger partial charge is 0.480 e. The Balaban J connectivity index is 1.52. The molecule has 1 aromatic carbocycles. The summed E-state index contributed by atoms with van der Waals surface area (Å²) in [5, 5.41) is 17.0. The van der Waals surface area contributed by atoms with Gasteiger partial charge in [-0.25, -0.2) is 9.59 Å². The van der Waals surface area contributed by atoms with Crippen molar-refractivity contribution in [3.8, 4) is 0 Å². The Morgan fingerprint density at radius 3 is 2.38 bits per heavy atom. The lowest BCUT2D eigenvalue weighted by atomic mass is 9.99. The van der Waals surface area contributed by atoms with Crippen LogP contribution < -0.4 is 10.6 Å². The highest BCUT2D eigenvalue weighted by Crippen LogP contribution is 2.38. The van der Waals surface area contributed by atoms with E-state index in [0.29, 0.717) is 6.42 Å². The lowest BCUT2D eigenvalue weighted by Gasteiger charge is -2.19. The van der Waals surface area contributed by atoms with Crippen molar-refractivity contribution in [2.24, 2.45) is 0 Å². The van der Waals surface area contributed by atoms with Crippen LogP contribution in [0.1, 0.15) is 40.0 Å². The van der Waals surface area contributed by atoms with E-state index < -0.39 is 18.0 Å². The van der Waals surface area contributed by atoms with Gasteiger partial charge in [-0.3, -0.25) is 0 Å². The van der Waals surface area contributed by atoms with Crippen molar-refractivity contribution < 1.29 is 14.7 Å². The number of hydrogen-bond acceptors (Lipinski definition) is 3. The number of hydrogen-bond donors (Lipinski definition) is 3. The van der Waals surface area contributed by atoms with Crippen molar-refractivity contribution >= 4 is 29.0 Å². The molecule has 2 aromatic rings. The molecule has 0 saturated carbocycles. The van der Waals surface area contributed by atoms with Crippen LogP contribution in [-0.2, 0) is 36.9 Å². The highest BCUT2D eigenvalue weighted by atomic mass is 32.1. The first-order valence-corrected chi connectivity index (χ1v) is 9.99. The highest BCUT2D eigenvalue weighted by molar-refractivity contribution is 7.09. The maximum Gasteiger partial charge on any atom is 0.326 e. The summed E-state index contributed by atoms with van der Waals surface area (Å²) in [4.78, 5) is 25.1. The summed E-state index contributed by atoms with van der Waals surface area (Å²) in [5.41, 5.74) is 6.10. The average molecular weight is 370 g/mol. The summed E-state index contributed by atoms with van der Waals surface area (Å²) in [7, 11) is 0. The van der Waals surface area contributed by atoms with Crippen LogP contribution in [0.3, 0.4) is 0 Å². The molecule has 1 heterocycles. The van der Waals surface area contributed by atoms with Crippen molar-refractivity contribution in [3.63, 3.8) is 0 Å². The number of rotatable bonds is 5. The number of carboxylic acids is 1. The third kappa shape index (κ3) is 3.33. The molecule has 0 radical (unpaired) electrons. The Labute approximate surface area is 156 Å². The molecule has 2 aliphatic carbocycles. The summed E-state index contributed by atoms with van der Waals surface area (Å²) in [5.74, 6) is -1.02. The van der Waals surface area contributed by atoms with Crippen LogP contribution in [0.15, 0.2) is 23.6 Å². The van der Waals surface area contributed by atoms with Crippen molar-refractivity contribution in [1.29, 1.82) is 0 Å². The van der Waals surface area contributed by atoms with Crippen LogP contribution in [0.2, 0.25) is 0 Å². The van der Waals surface area contributed by atoms with Gasteiger partial charge in [-0.2, -0.15) is 0 Å². The molecule has 1 aromatic heterocycles. The standard InChI is InChI=1S/C20H22N2O3S/c23-19(24)17(11-14-6-3-9-26-14)21-20(25)22-18-15-7-1-4-12(15)10-13-5-2-8-16(13)18/h3,6,9-10,17H,1-2,4-5,7-8,11H2,(H,23,24)(H2,21,22,25). The topological polar surface area (TPSA) is 78.4 Å². The SMILES string of the molecule is O=C(Nc1c2c(cc3c1CCC3)CCC2)NC(Cc1cccs1)C(=O)O. The quantitative estimate of drug-likeness (QED) is 0.753. The Kier molecular flexibility index (Phi) is 4.68. The number of carbonyl (C=O) groups excluding carboxylic acids is 1. The zero-order chi connectivity index (χ0) is 18.1. The number of fused-ring (bicyclic) bond motifs is 2. The summed E-state index contributed by atoms with van der Waals surface area (Å²) in [6, 6.07) is 4.72. The molecular weight excluding hydrogens is 348 g/mol. The van der Waals surface area contributed by atoms with Gasteiger partial charge in [-0.1, -0.05) is 12.1 Å². The van der Waals surface area contributed by atoms with Gasteiger partial charge < -0.3 is 15.7 Å². The molecule has 4 rings (SSSR count). The van der Waals surface area contributed by atoms with E-state index >= 15 is 0 Å². The second-order valence-corrected chi connectivity index (χ2v) is 8.04. The number of anilines is 1. The second kappa shape index (κ2) is 7.11. The molecule has 0 fully saturated rings. The predicted octanol–water partition coefficient (Wildman–Crippen LogP) is 3.54. The normalized spacial score (nSPS) is 16.0. The number of urea groups is 1. The van der Waals surface area contributed by atoms with Gasteiger partial charge in [0.15, 0.2) is 0 Å². The molecule has 136 valence electrons. The third-order valence-corrected chi connectivity index (χ3v) is 6.20. The minimum atomic E-state index is -1.02. The number of thiophene rings is 1. The molecule has 0 saturated heterocycles. The lowest BCUT2D eigenvalue weighted by molar-refractivity contribution is -0.139. The monoisotopic (exact) mass is 370 g/mol. The van der Waals surface area contributed by atoms with Gasteiger partial charge in [0.2, 0.25) is 0 Å². The van der Waals surface area contributed by atoms with E-state index in [2.05, 4.69) is 16.7 Å². The molecule has 0 spiro atoms. The van der Waals surface area contributed by atoms with Gasteiger partial charge in [0.1, 0.15) is 6.04 Å². The fourth-order valence-corrected chi connectivity index (χ4v) is 4.86. The molecule has 3 N–H and O–H groups in total. The van der Waals surface area contributed by atoms with Crippen LogP contribution in [-0.4, -0.2) is 23.1 Å². The van der Waals surface area contributed by atoms with Crippen molar-refractivity contribution in [2.45, 2.75) is 51.0 Å². The lowest BCUT2D eigenvalue weighted by Crippen LogP contribution is -2.44. The molecule has 1 unspecified atom stereocenters.